The quantitative estimate of drug-likeness (QED) is 0.713. The van der Waals surface area contributed by atoms with Gasteiger partial charge in [0.2, 0.25) is 0 Å². The highest BCUT2D eigenvalue weighted by atomic mass is 15.0. The van der Waals surface area contributed by atoms with Crippen molar-refractivity contribution in [1.82, 2.24) is 5.32 Å². The summed E-state index contributed by atoms with van der Waals surface area (Å²) in [7, 11) is 0. The van der Waals surface area contributed by atoms with E-state index in [0.717, 1.165) is 18.9 Å². The molecule has 2 rings (SSSR count). The van der Waals surface area contributed by atoms with Crippen molar-refractivity contribution in [2.24, 2.45) is 16.7 Å². The second-order valence-corrected chi connectivity index (χ2v) is 7.01. The maximum Gasteiger partial charge on any atom is 0.0175 e. The minimum Gasteiger partial charge on any atom is -0.313 e. The minimum absolute atomic E-state index is 0.488. The van der Waals surface area contributed by atoms with Gasteiger partial charge in [0.15, 0.2) is 0 Å². The van der Waals surface area contributed by atoms with Gasteiger partial charge in [0.25, 0.3) is 0 Å². The highest BCUT2D eigenvalue weighted by molar-refractivity contribution is 5.12. The molecule has 0 aromatic rings. The SMILES string of the molecule is C=C(C)CCNC1C2(C)CCC(C2)C1(C)C. The molecule has 2 bridgehead atoms. The van der Waals surface area contributed by atoms with Crippen LogP contribution in [0.2, 0.25) is 0 Å². The maximum atomic E-state index is 3.98. The largest absolute Gasteiger partial charge is 0.313 e. The van der Waals surface area contributed by atoms with Crippen molar-refractivity contribution in [2.75, 3.05) is 6.54 Å². The fraction of sp³-hybridized carbons (Fsp3) is 0.867. The zero-order chi connectivity index (χ0) is 12.0. The summed E-state index contributed by atoms with van der Waals surface area (Å²) in [5.41, 5.74) is 2.34. The monoisotopic (exact) mass is 221 g/mol. The Kier molecular flexibility index (Phi) is 2.94. The van der Waals surface area contributed by atoms with E-state index in [1.807, 2.05) is 0 Å². The van der Waals surface area contributed by atoms with Crippen molar-refractivity contribution in [1.29, 1.82) is 0 Å². The van der Waals surface area contributed by atoms with E-state index in [0.29, 0.717) is 16.9 Å². The van der Waals surface area contributed by atoms with Crippen LogP contribution < -0.4 is 5.32 Å². The molecule has 16 heavy (non-hydrogen) atoms. The average molecular weight is 221 g/mol. The van der Waals surface area contributed by atoms with E-state index in [2.05, 4.69) is 39.6 Å². The molecule has 0 amide bonds. The van der Waals surface area contributed by atoms with Gasteiger partial charge in [0, 0.05) is 6.04 Å². The first-order chi connectivity index (χ1) is 7.36. The molecular formula is C15H27N. The summed E-state index contributed by atoms with van der Waals surface area (Å²) < 4.78 is 0. The highest BCUT2D eigenvalue weighted by Gasteiger charge is 2.58. The fourth-order valence-electron chi connectivity index (χ4n) is 4.24. The van der Waals surface area contributed by atoms with Crippen LogP contribution in [-0.2, 0) is 0 Å². The molecule has 0 spiro atoms. The second kappa shape index (κ2) is 3.87. The van der Waals surface area contributed by atoms with E-state index in [1.165, 1.54) is 24.8 Å². The third-order valence-electron chi connectivity index (χ3n) is 5.17. The van der Waals surface area contributed by atoms with Crippen LogP contribution >= 0.6 is 0 Å². The van der Waals surface area contributed by atoms with Gasteiger partial charge in [-0.25, -0.2) is 0 Å². The Morgan fingerprint density at radius 3 is 2.56 bits per heavy atom. The normalized spacial score (nSPS) is 40.2. The van der Waals surface area contributed by atoms with E-state index < -0.39 is 0 Å². The predicted octanol–water partition coefficient (Wildman–Crippen LogP) is 3.76. The molecule has 3 unspecified atom stereocenters. The van der Waals surface area contributed by atoms with Crippen molar-refractivity contribution >= 4 is 0 Å². The van der Waals surface area contributed by atoms with Gasteiger partial charge in [0.1, 0.15) is 0 Å². The number of nitrogens with one attached hydrogen (secondary N) is 1. The van der Waals surface area contributed by atoms with Crippen molar-refractivity contribution < 1.29 is 0 Å². The Balaban J connectivity index is 2.00. The van der Waals surface area contributed by atoms with E-state index >= 15 is 0 Å². The summed E-state index contributed by atoms with van der Waals surface area (Å²) in [4.78, 5) is 0. The summed E-state index contributed by atoms with van der Waals surface area (Å²) >= 11 is 0. The first kappa shape index (κ1) is 12.2. The number of fused-ring (bicyclic) bond motifs is 2. The van der Waals surface area contributed by atoms with Crippen LogP contribution in [0.15, 0.2) is 12.2 Å². The van der Waals surface area contributed by atoms with E-state index in [1.54, 1.807) is 0 Å². The summed E-state index contributed by atoms with van der Waals surface area (Å²) in [6, 6.07) is 0.707. The lowest BCUT2D eigenvalue weighted by Crippen LogP contribution is -2.50. The zero-order valence-electron chi connectivity index (χ0n) is 11.4. The van der Waals surface area contributed by atoms with E-state index in [9.17, 15) is 0 Å². The molecule has 0 heterocycles. The standard InChI is InChI=1S/C15H27N/c1-11(2)7-9-16-13-14(3,4)12-6-8-15(13,5)10-12/h12-13,16H,1,6-10H2,2-5H3. The van der Waals surface area contributed by atoms with Crippen LogP contribution in [0.1, 0.15) is 53.4 Å². The Bertz CT molecular complexity index is 287. The average Bonchev–Trinajstić information content (AvgIpc) is 2.62. The maximum absolute atomic E-state index is 3.98. The van der Waals surface area contributed by atoms with Crippen LogP contribution in [0.4, 0.5) is 0 Å². The van der Waals surface area contributed by atoms with Gasteiger partial charge in [-0.1, -0.05) is 26.3 Å². The molecule has 2 aliphatic rings. The molecule has 2 fully saturated rings. The molecule has 2 saturated carbocycles. The lowest BCUT2D eigenvalue weighted by atomic mass is 9.68. The van der Waals surface area contributed by atoms with E-state index in [4.69, 9.17) is 0 Å². The molecule has 1 N–H and O–H groups in total. The lowest BCUT2D eigenvalue weighted by molar-refractivity contribution is 0.110. The number of rotatable bonds is 4. The van der Waals surface area contributed by atoms with Crippen molar-refractivity contribution in [2.45, 2.75) is 59.4 Å². The summed E-state index contributed by atoms with van der Waals surface area (Å²) in [6.07, 6.45) is 5.42. The summed E-state index contributed by atoms with van der Waals surface area (Å²) in [6.45, 7) is 14.6. The first-order valence-electron chi connectivity index (χ1n) is 6.74. The van der Waals surface area contributed by atoms with Crippen LogP contribution in [0.25, 0.3) is 0 Å². The molecule has 0 aliphatic heterocycles. The molecule has 0 saturated heterocycles. The van der Waals surface area contributed by atoms with E-state index in [-0.39, 0.29) is 0 Å². The summed E-state index contributed by atoms with van der Waals surface area (Å²) in [5.74, 6) is 0.944. The van der Waals surface area contributed by atoms with Crippen LogP contribution in [0, 0.1) is 16.7 Å². The van der Waals surface area contributed by atoms with Gasteiger partial charge in [0.05, 0.1) is 0 Å². The zero-order valence-corrected chi connectivity index (χ0v) is 11.4. The van der Waals surface area contributed by atoms with Gasteiger partial charge in [-0.15, -0.1) is 6.58 Å². The Labute approximate surface area is 101 Å². The second-order valence-electron chi connectivity index (χ2n) is 7.01. The molecule has 0 aromatic carbocycles. The van der Waals surface area contributed by atoms with Crippen LogP contribution in [-0.4, -0.2) is 12.6 Å². The van der Waals surface area contributed by atoms with Gasteiger partial charge in [-0.2, -0.15) is 0 Å². The fourth-order valence-corrected chi connectivity index (χ4v) is 4.24. The lowest BCUT2D eigenvalue weighted by Gasteiger charge is -2.43. The smallest absolute Gasteiger partial charge is 0.0175 e. The summed E-state index contributed by atoms with van der Waals surface area (Å²) in [5, 5.41) is 3.81. The number of hydrogen-bond donors (Lipinski definition) is 1. The Morgan fingerprint density at radius 1 is 1.38 bits per heavy atom. The topological polar surface area (TPSA) is 12.0 Å². The van der Waals surface area contributed by atoms with Crippen molar-refractivity contribution in [3.8, 4) is 0 Å². The predicted molar refractivity (Wildman–Crippen MR) is 70.5 cm³/mol. The molecule has 2 aliphatic carbocycles. The van der Waals surface area contributed by atoms with Gasteiger partial charge in [-0.3, -0.25) is 0 Å². The van der Waals surface area contributed by atoms with Crippen molar-refractivity contribution in [3.63, 3.8) is 0 Å². The van der Waals surface area contributed by atoms with Crippen LogP contribution in [0.3, 0.4) is 0 Å². The first-order valence-corrected chi connectivity index (χ1v) is 6.74. The molecule has 1 nitrogen and oxygen atoms in total. The molecule has 0 radical (unpaired) electrons. The molecule has 1 heteroatoms. The minimum atomic E-state index is 0.488. The molecular weight excluding hydrogens is 194 g/mol. The van der Waals surface area contributed by atoms with Gasteiger partial charge >= 0.3 is 0 Å². The van der Waals surface area contributed by atoms with Crippen LogP contribution in [0.5, 0.6) is 0 Å². The third-order valence-corrected chi connectivity index (χ3v) is 5.17. The third kappa shape index (κ3) is 1.84. The Hall–Kier alpha value is -0.300. The van der Waals surface area contributed by atoms with Crippen molar-refractivity contribution in [3.05, 3.63) is 12.2 Å². The molecule has 92 valence electrons. The van der Waals surface area contributed by atoms with Gasteiger partial charge < -0.3 is 5.32 Å². The Morgan fingerprint density at radius 2 is 2.06 bits per heavy atom. The molecule has 3 atom stereocenters. The number of hydrogen-bond acceptors (Lipinski definition) is 1. The molecule has 0 aromatic heterocycles. The van der Waals surface area contributed by atoms with Gasteiger partial charge in [-0.05, 0) is 55.9 Å². The highest BCUT2D eigenvalue weighted by Crippen LogP contribution is 2.62.